The van der Waals surface area contributed by atoms with Crippen LogP contribution in [-0.4, -0.2) is 65.0 Å². The number of nitrogens with zero attached hydrogens (tertiary/aromatic N) is 3. The number of piperidine rings is 1. The fourth-order valence-electron chi connectivity index (χ4n) is 4.24. The third-order valence-electron chi connectivity index (χ3n) is 6.12. The van der Waals surface area contributed by atoms with Crippen LogP contribution in [0, 0.1) is 5.92 Å². The summed E-state index contributed by atoms with van der Waals surface area (Å²) in [7, 11) is 0. The van der Waals surface area contributed by atoms with Gasteiger partial charge in [-0.1, -0.05) is 12.1 Å². The number of carbonyl (C=O) groups excluding carboxylic acids is 2. The van der Waals surface area contributed by atoms with Gasteiger partial charge in [0, 0.05) is 57.2 Å². The first-order chi connectivity index (χ1) is 12.5. The predicted molar refractivity (Wildman–Crippen MR) is 95.7 cm³/mol. The standard InChI is InChI=1S/C19H28N4O3/c1-12-10-23(15-5-7-22(8-6-15)13(2)24)11-17(12)20-19(25)16-9-18(26-21-16)14-3-4-14/h9,12,14-15,17H,3-8,10-11H2,1-2H3,(H,20,25)/t12-,17-/m0/s1. The van der Waals surface area contributed by atoms with E-state index in [9.17, 15) is 9.59 Å². The first-order valence-corrected chi connectivity index (χ1v) is 9.78. The second-order valence-electron chi connectivity index (χ2n) is 8.14. The van der Waals surface area contributed by atoms with Gasteiger partial charge < -0.3 is 14.7 Å². The highest BCUT2D eigenvalue weighted by Gasteiger charge is 2.36. The van der Waals surface area contributed by atoms with Gasteiger partial charge in [-0.3, -0.25) is 14.5 Å². The van der Waals surface area contributed by atoms with Crippen LogP contribution in [0.15, 0.2) is 10.6 Å². The maximum atomic E-state index is 12.5. The Balaban J connectivity index is 1.30. The number of hydrogen-bond acceptors (Lipinski definition) is 5. The first kappa shape index (κ1) is 17.5. The van der Waals surface area contributed by atoms with Gasteiger partial charge in [-0.05, 0) is 31.6 Å². The molecule has 1 aromatic rings. The van der Waals surface area contributed by atoms with Gasteiger partial charge in [0.25, 0.3) is 5.91 Å². The van der Waals surface area contributed by atoms with E-state index in [1.54, 1.807) is 13.0 Å². The molecule has 0 aromatic carbocycles. The third kappa shape index (κ3) is 3.63. The molecule has 0 bridgehead atoms. The highest BCUT2D eigenvalue weighted by Crippen LogP contribution is 2.40. The summed E-state index contributed by atoms with van der Waals surface area (Å²) in [4.78, 5) is 28.4. The molecule has 0 radical (unpaired) electrons. The van der Waals surface area contributed by atoms with Crippen LogP contribution < -0.4 is 5.32 Å². The SMILES string of the molecule is CC(=O)N1CCC(N2C[C@H](NC(=O)c3cc(C4CC4)on3)[C@@H](C)C2)CC1. The summed E-state index contributed by atoms with van der Waals surface area (Å²) in [6, 6.07) is 2.43. The Kier molecular flexibility index (Phi) is 4.73. The van der Waals surface area contributed by atoms with E-state index < -0.39 is 0 Å². The summed E-state index contributed by atoms with van der Waals surface area (Å²) >= 11 is 0. The summed E-state index contributed by atoms with van der Waals surface area (Å²) in [5, 5.41) is 7.09. The summed E-state index contributed by atoms with van der Waals surface area (Å²) in [5.74, 6) is 1.74. The van der Waals surface area contributed by atoms with E-state index in [-0.39, 0.29) is 17.9 Å². The van der Waals surface area contributed by atoms with Crippen molar-refractivity contribution in [1.29, 1.82) is 0 Å². The molecule has 1 aliphatic carbocycles. The van der Waals surface area contributed by atoms with Crippen molar-refractivity contribution in [3.63, 3.8) is 0 Å². The van der Waals surface area contributed by atoms with Crippen molar-refractivity contribution < 1.29 is 14.1 Å². The fourth-order valence-corrected chi connectivity index (χ4v) is 4.24. The van der Waals surface area contributed by atoms with E-state index in [4.69, 9.17) is 4.52 Å². The van der Waals surface area contributed by atoms with Gasteiger partial charge in [-0.15, -0.1) is 0 Å². The highest BCUT2D eigenvalue weighted by molar-refractivity contribution is 5.92. The maximum Gasteiger partial charge on any atom is 0.273 e. The zero-order valence-electron chi connectivity index (χ0n) is 15.6. The lowest BCUT2D eigenvalue weighted by Gasteiger charge is -2.36. The number of nitrogens with one attached hydrogen (secondary N) is 1. The second kappa shape index (κ2) is 7.02. The van der Waals surface area contributed by atoms with E-state index >= 15 is 0 Å². The van der Waals surface area contributed by atoms with Crippen LogP contribution in [0.3, 0.4) is 0 Å². The van der Waals surface area contributed by atoms with Crippen molar-refractivity contribution in [3.05, 3.63) is 17.5 Å². The third-order valence-corrected chi connectivity index (χ3v) is 6.12. The molecule has 3 heterocycles. The number of hydrogen-bond donors (Lipinski definition) is 1. The normalized spacial score (nSPS) is 27.7. The van der Waals surface area contributed by atoms with E-state index in [0.29, 0.717) is 23.6 Å². The molecule has 26 heavy (non-hydrogen) atoms. The fraction of sp³-hybridized carbons (Fsp3) is 0.737. The molecule has 7 nitrogen and oxygen atoms in total. The Morgan fingerprint density at radius 1 is 1.19 bits per heavy atom. The van der Waals surface area contributed by atoms with Crippen LogP contribution in [0.2, 0.25) is 0 Å². The van der Waals surface area contributed by atoms with Crippen molar-refractivity contribution in [3.8, 4) is 0 Å². The molecular weight excluding hydrogens is 332 g/mol. The first-order valence-electron chi connectivity index (χ1n) is 9.78. The Labute approximate surface area is 154 Å². The molecule has 2 saturated heterocycles. The second-order valence-corrected chi connectivity index (χ2v) is 8.14. The number of amides is 2. The van der Waals surface area contributed by atoms with E-state index in [1.165, 1.54) is 0 Å². The van der Waals surface area contributed by atoms with Crippen LogP contribution in [0.1, 0.15) is 61.7 Å². The lowest BCUT2D eigenvalue weighted by atomic mass is 10.0. The van der Waals surface area contributed by atoms with Crippen LogP contribution >= 0.6 is 0 Å². The molecule has 0 unspecified atom stereocenters. The smallest absolute Gasteiger partial charge is 0.273 e. The molecule has 142 valence electrons. The van der Waals surface area contributed by atoms with E-state index in [0.717, 1.165) is 57.6 Å². The maximum absolute atomic E-state index is 12.5. The van der Waals surface area contributed by atoms with Crippen LogP contribution in [-0.2, 0) is 4.79 Å². The van der Waals surface area contributed by atoms with Crippen molar-refractivity contribution in [2.75, 3.05) is 26.2 Å². The zero-order chi connectivity index (χ0) is 18.3. The summed E-state index contributed by atoms with van der Waals surface area (Å²) in [6.07, 6.45) is 4.29. The molecular formula is C19H28N4O3. The molecule has 1 aromatic heterocycles. The average Bonchev–Trinajstić information content (AvgIpc) is 3.25. The van der Waals surface area contributed by atoms with Gasteiger partial charge in [-0.25, -0.2) is 0 Å². The molecule has 3 aliphatic rings. The van der Waals surface area contributed by atoms with Gasteiger partial charge in [0.2, 0.25) is 5.91 Å². The largest absolute Gasteiger partial charge is 0.360 e. The Hall–Kier alpha value is -1.89. The molecule has 7 heteroatoms. The molecule has 0 spiro atoms. The molecule has 2 amide bonds. The number of likely N-dealkylation sites (tertiary alicyclic amines) is 2. The Morgan fingerprint density at radius 2 is 1.92 bits per heavy atom. The molecule has 3 fully saturated rings. The summed E-state index contributed by atoms with van der Waals surface area (Å²) in [6.45, 7) is 7.36. The minimum atomic E-state index is -0.134. The Bertz CT molecular complexity index is 676. The highest BCUT2D eigenvalue weighted by atomic mass is 16.5. The van der Waals surface area contributed by atoms with Gasteiger partial charge in [0.1, 0.15) is 5.76 Å². The van der Waals surface area contributed by atoms with E-state index in [2.05, 4.69) is 22.3 Å². The summed E-state index contributed by atoms with van der Waals surface area (Å²) < 4.78 is 5.29. The minimum Gasteiger partial charge on any atom is -0.360 e. The monoisotopic (exact) mass is 360 g/mol. The number of aromatic nitrogens is 1. The molecule has 1 saturated carbocycles. The van der Waals surface area contributed by atoms with Gasteiger partial charge in [0.05, 0.1) is 0 Å². The topological polar surface area (TPSA) is 78.7 Å². The quantitative estimate of drug-likeness (QED) is 0.883. The molecule has 2 aliphatic heterocycles. The van der Waals surface area contributed by atoms with Crippen molar-refractivity contribution in [2.24, 2.45) is 5.92 Å². The van der Waals surface area contributed by atoms with Crippen LogP contribution in [0.4, 0.5) is 0 Å². The molecule has 4 rings (SSSR count). The van der Waals surface area contributed by atoms with Gasteiger partial charge >= 0.3 is 0 Å². The van der Waals surface area contributed by atoms with Crippen molar-refractivity contribution >= 4 is 11.8 Å². The molecule has 2 atom stereocenters. The summed E-state index contributed by atoms with van der Waals surface area (Å²) in [5.41, 5.74) is 0.396. The van der Waals surface area contributed by atoms with Gasteiger partial charge in [-0.2, -0.15) is 0 Å². The van der Waals surface area contributed by atoms with Crippen molar-refractivity contribution in [1.82, 2.24) is 20.3 Å². The predicted octanol–water partition coefficient (Wildman–Crippen LogP) is 1.61. The number of rotatable bonds is 4. The lowest BCUT2D eigenvalue weighted by Crippen LogP contribution is -2.46. The minimum absolute atomic E-state index is 0.134. The Morgan fingerprint density at radius 3 is 2.58 bits per heavy atom. The van der Waals surface area contributed by atoms with E-state index in [1.807, 2.05) is 4.90 Å². The average molecular weight is 360 g/mol. The van der Waals surface area contributed by atoms with Crippen LogP contribution in [0.25, 0.3) is 0 Å². The van der Waals surface area contributed by atoms with Gasteiger partial charge in [0.15, 0.2) is 5.69 Å². The zero-order valence-corrected chi connectivity index (χ0v) is 15.6. The van der Waals surface area contributed by atoms with Crippen LogP contribution in [0.5, 0.6) is 0 Å². The lowest BCUT2D eigenvalue weighted by molar-refractivity contribution is -0.130. The number of carbonyl (C=O) groups is 2. The molecule has 1 N–H and O–H groups in total. The van der Waals surface area contributed by atoms with Crippen molar-refractivity contribution in [2.45, 2.75) is 57.5 Å².